The molecule has 0 amide bonds. The van der Waals surface area contributed by atoms with Crippen LogP contribution in [0.25, 0.3) is 0 Å². The molecule has 0 radical (unpaired) electrons. The minimum Gasteiger partial charge on any atom is -0.295 e. The Labute approximate surface area is 104 Å². The predicted octanol–water partition coefficient (Wildman–Crippen LogP) is 4.44. The molecule has 0 atom stereocenters. The van der Waals surface area contributed by atoms with Gasteiger partial charge in [-0.15, -0.1) is 0 Å². The number of carbonyl (C=O) groups excluding carboxylic acids is 1. The maximum absolute atomic E-state index is 12.7. The van der Waals surface area contributed by atoms with E-state index in [1.54, 1.807) is 36.4 Å². The number of Topliss-reactive ketones (excluding diaryl/α,β-unsaturated/α-hetero) is 1. The third kappa shape index (κ3) is 3.07. The molecule has 0 aliphatic rings. The van der Waals surface area contributed by atoms with E-state index in [1.807, 2.05) is 0 Å². The molecule has 2 rings (SSSR count). The molecule has 0 aliphatic carbocycles. The molecule has 0 saturated heterocycles. The fourth-order valence-electron chi connectivity index (χ4n) is 1.39. The smallest absolute Gasteiger partial charge is 0.159 e. The summed E-state index contributed by atoms with van der Waals surface area (Å²) in [6, 6.07) is 12.6. The fourth-order valence-corrected chi connectivity index (χ4v) is 1.39. The summed E-state index contributed by atoms with van der Waals surface area (Å²) in [6.07, 6.45) is 0. The number of rotatable bonds is 3. The first-order valence-corrected chi connectivity index (χ1v) is 5.43. The van der Waals surface area contributed by atoms with Crippen LogP contribution < -0.4 is 0 Å². The van der Waals surface area contributed by atoms with Gasteiger partial charge in [0.05, 0.1) is 11.4 Å². The quantitative estimate of drug-likeness (QED) is 0.579. The van der Waals surface area contributed by atoms with Gasteiger partial charge in [-0.2, -0.15) is 10.2 Å². The van der Waals surface area contributed by atoms with Crippen molar-refractivity contribution in [1.82, 2.24) is 0 Å². The Balaban J connectivity index is 2.13. The Morgan fingerprint density at radius 1 is 0.889 bits per heavy atom. The van der Waals surface area contributed by atoms with Crippen LogP contribution in [-0.4, -0.2) is 5.78 Å². The molecule has 18 heavy (non-hydrogen) atoms. The van der Waals surface area contributed by atoms with E-state index < -0.39 is 0 Å². The van der Waals surface area contributed by atoms with E-state index >= 15 is 0 Å². The zero-order valence-electron chi connectivity index (χ0n) is 9.80. The van der Waals surface area contributed by atoms with E-state index in [2.05, 4.69) is 10.2 Å². The number of benzene rings is 2. The van der Waals surface area contributed by atoms with Gasteiger partial charge in [-0.1, -0.05) is 0 Å². The monoisotopic (exact) mass is 242 g/mol. The third-order valence-electron chi connectivity index (χ3n) is 2.38. The minimum atomic E-state index is -0.306. The third-order valence-corrected chi connectivity index (χ3v) is 2.38. The average molecular weight is 242 g/mol. The van der Waals surface area contributed by atoms with Crippen molar-refractivity contribution in [3.05, 3.63) is 59.9 Å². The SMILES string of the molecule is CC(=O)c1ccc(N=Nc2ccc(F)cc2)cc1. The second kappa shape index (κ2) is 5.31. The maximum Gasteiger partial charge on any atom is 0.159 e. The molecule has 2 aromatic carbocycles. The Hall–Kier alpha value is -2.36. The first-order chi connectivity index (χ1) is 8.65. The second-order valence-electron chi connectivity index (χ2n) is 3.78. The van der Waals surface area contributed by atoms with Crippen LogP contribution in [0.1, 0.15) is 17.3 Å². The van der Waals surface area contributed by atoms with E-state index in [1.165, 1.54) is 19.1 Å². The molecule has 90 valence electrons. The largest absolute Gasteiger partial charge is 0.295 e. The highest BCUT2D eigenvalue weighted by Gasteiger charge is 1.98. The highest BCUT2D eigenvalue weighted by molar-refractivity contribution is 5.94. The van der Waals surface area contributed by atoms with Gasteiger partial charge < -0.3 is 0 Å². The summed E-state index contributed by atoms with van der Waals surface area (Å²) >= 11 is 0. The Kier molecular flexibility index (Phi) is 3.57. The molecule has 0 fully saturated rings. The molecule has 3 nitrogen and oxygen atoms in total. The van der Waals surface area contributed by atoms with Crippen molar-refractivity contribution in [2.45, 2.75) is 6.92 Å². The Bertz CT molecular complexity index is 574. The van der Waals surface area contributed by atoms with Gasteiger partial charge >= 0.3 is 0 Å². The summed E-state index contributed by atoms with van der Waals surface area (Å²) in [7, 11) is 0. The molecule has 4 heteroatoms. The van der Waals surface area contributed by atoms with Crippen LogP contribution >= 0.6 is 0 Å². The van der Waals surface area contributed by atoms with E-state index in [0.717, 1.165) is 0 Å². The topological polar surface area (TPSA) is 41.8 Å². The molecule has 0 saturated carbocycles. The summed E-state index contributed by atoms with van der Waals surface area (Å²) in [5.74, 6) is -0.295. The molecular weight excluding hydrogens is 231 g/mol. The number of ketones is 1. The predicted molar refractivity (Wildman–Crippen MR) is 67.0 cm³/mol. The summed E-state index contributed by atoms with van der Waals surface area (Å²) in [5.41, 5.74) is 1.85. The first-order valence-electron chi connectivity index (χ1n) is 5.43. The molecule has 0 unspecified atom stereocenters. The van der Waals surface area contributed by atoms with Crippen molar-refractivity contribution < 1.29 is 9.18 Å². The van der Waals surface area contributed by atoms with E-state index in [-0.39, 0.29) is 11.6 Å². The van der Waals surface area contributed by atoms with Gasteiger partial charge in [0.1, 0.15) is 5.82 Å². The fraction of sp³-hybridized carbons (Fsp3) is 0.0714. The lowest BCUT2D eigenvalue weighted by Gasteiger charge is -1.96. The van der Waals surface area contributed by atoms with E-state index in [0.29, 0.717) is 16.9 Å². The van der Waals surface area contributed by atoms with Crippen LogP contribution in [-0.2, 0) is 0 Å². The summed E-state index contributed by atoms with van der Waals surface area (Å²) in [4.78, 5) is 11.1. The molecule has 0 bridgehead atoms. The Morgan fingerprint density at radius 3 is 1.78 bits per heavy atom. The normalized spacial score (nSPS) is 10.8. The van der Waals surface area contributed by atoms with Gasteiger partial charge in [0.15, 0.2) is 5.78 Å². The molecule has 2 aromatic rings. The van der Waals surface area contributed by atoms with Crippen LogP contribution in [0.3, 0.4) is 0 Å². The van der Waals surface area contributed by atoms with Gasteiger partial charge in [0, 0.05) is 5.56 Å². The number of nitrogens with zero attached hydrogens (tertiary/aromatic N) is 2. The van der Waals surface area contributed by atoms with Crippen molar-refractivity contribution in [1.29, 1.82) is 0 Å². The van der Waals surface area contributed by atoms with Crippen LogP contribution in [0.2, 0.25) is 0 Å². The lowest BCUT2D eigenvalue weighted by atomic mass is 10.1. The van der Waals surface area contributed by atoms with Crippen LogP contribution in [0, 0.1) is 5.82 Å². The highest BCUT2D eigenvalue weighted by atomic mass is 19.1. The van der Waals surface area contributed by atoms with Gasteiger partial charge in [-0.25, -0.2) is 4.39 Å². The molecule has 0 N–H and O–H groups in total. The highest BCUT2D eigenvalue weighted by Crippen LogP contribution is 2.19. The number of hydrogen-bond donors (Lipinski definition) is 0. The Morgan fingerprint density at radius 2 is 1.33 bits per heavy atom. The van der Waals surface area contributed by atoms with Crippen molar-refractivity contribution in [3.8, 4) is 0 Å². The lowest BCUT2D eigenvalue weighted by Crippen LogP contribution is -1.89. The second-order valence-corrected chi connectivity index (χ2v) is 3.78. The molecule has 0 aliphatic heterocycles. The zero-order chi connectivity index (χ0) is 13.0. The maximum atomic E-state index is 12.7. The van der Waals surface area contributed by atoms with Crippen LogP contribution in [0.5, 0.6) is 0 Å². The van der Waals surface area contributed by atoms with Crippen molar-refractivity contribution >= 4 is 17.2 Å². The number of hydrogen-bond acceptors (Lipinski definition) is 3. The van der Waals surface area contributed by atoms with Crippen molar-refractivity contribution in [2.24, 2.45) is 10.2 Å². The summed E-state index contributed by atoms with van der Waals surface area (Å²) < 4.78 is 12.7. The van der Waals surface area contributed by atoms with Crippen molar-refractivity contribution in [3.63, 3.8) is 0 Å². The molecule has 0 spiro atoms. The summed E-state index contributed by atoms with van der Waals surface area (Å²) in [5, 5.41) is 7.96. The number of azo groups is 1. The summed E-state index contributed by atoms with van der Waals surface area (Å²) in [6.45, 7) is 1.51. The van der Waals surface area contributed by atoms with E-state index in [9.17, 15) is 9.18 Å². The van der Waals surface area contributed by atoms with Crippen molar-refractivity contribution in [2.75, 3.05) is 0 Å². The lowest BCUT2D eigenvalue weighted by molar-refractivity contribution is 0.101. The first kappa shape index (κ1) is 12.1. The number of halogens is 1. The average Bonchev–Trinajstić information content (AvgIpc) is 2.38. The standard InChI is InChI=1S/C14H11FN2O/c1-10(18)11-2-6-13(7-3-11)16-17-14-8-4-12(15)5-9-14/h2-9H,1H3. The zero-order valence-corrected chi connectivity index (χ0v) is 9.80. The van der Waals surface area contributed by atoms with Gasteiger partial charge in [-0.3, -0.25) is 4.79 Å². The van der Waals surface area contributed by atoms with Gasteiger partial charge in [-0.05, 0) is 55.5 Å². The number of carbonyl (C=O) groups is 1. The molecule has 0 aromatic heterocycles. The van der Waals surface area contributed by atoms with Crippen LogP contribution in [0.15, 0.2) is 58.8 Å². The minimum absolute atomic E-state index is 0.0111. The van der Waals surface area contributed by atoms with Crippen LogP contribution in [0.4, 0.5) is 15.8 Å². The van der Waals surface area contributed by atoms with E-state index in [4.69, 9.17) is 0 Å². The molecule has 0 heterocycles. The molecular formula is C14H11FN2O. The van der Waals surface area contributed by atoms with Gasteiger partial charge in [0.25, 0.3) is 0 Å². The van der Waals surface area contributed by atoms with Gasteiger partial charge in [0.2, 0.25) is 0 Å².